The van der Waals surface area contributed by atoms with Crippen LogP contribution in [-0.4, -0.2) is 18.0 Å². The monoisotopic (exact) mass is 209 g/mol. The summed E-state index contributed by atoms with van der Waals surface area (Å²) in [6.45, 7) is 13.6. The molecule has 0 radical (unpaired) electrons. The first-order valence-corrected chi connectivity index (χ1v) is 6.34. The van der Waals surface area contributed by atoms with Crippen LogP contribution < -0.4 is 0 Å². The zero-order valence-electron chi connectivity index (χ0n) is 11.1. The van der Waals surface area contributed by atoms with Crippen molar-refractivity contribution in [2.24, 2.45) is 11.3 Å². The summed E-state index contributed by atoms with van der Waals surface area (Å²) in [4.78, 5) is 2.37. The summed E-state index contributed by atoms with van der Waals surface area (Å²) in [6, 6.07) is 0.564. The minimum atomic E-state index is 0.388. The predicted molar refractivity (Wildman–Crippen MR) is 67.8 cm³/mol. The summed E-state index contributed by atoms with van der Waals surface area (Å²) in [5.74, 6) is 0.716. The van der Waals surface area contributed by atoms with E-state index in [9.17, 15) is 0 Å². The van der Waals surface area contributed by atoms with Gasteiger partial charge < -0.3 is 4.90 Å². The molecule has 1 fully saturated rings. The maximum absolute atomic E-state index is 4.38. The van der Waals surface area contributed by atoms with Crippen molar-refractivity contribution >= 4 is 0 Å². The zero-order chi connectivity index (χ0) is 11.6. The molecule has 1 saturated carbocycles. The Bertz CT molecular complexity index is 221. The SMILES string of the molecule is C=C(N(C)C(C)C)C1(C(C)C)CCCC1. The van der Waals surface area contributed by atoms with Crippen LogP contribution in [0.15, 0.2) is 12.3 Å². The van der Waals surface area contributed by atoms with Gasteiger partial charge in [-0.3, -0.25) is 0 Å². The predicted octanol–water partition coefficient (Wildman–Crippen LogP) is 4.06. The van der Waals surface area contributed by atoms with E-state index in [0.29, 0.717) is 17.4 Å². The molecule has 0 N–H and O–H groups in total. The van der Waals surface area contributed by atoms with Gasteiger partial charge in [0.1, 0.15) is 0 Å². The lowest BCUT2D eigenvalue weighted by atomic mass is 9.72. The molecular weight excluding hydrogens is 182 g/mol. The molecule has 0 spiro atoms. The van der Waals surface area contributed by atoms with E-state index >= 15 is 0 Å². The van der Waals surface area contributed by atoms with E-state index in [4.69, 9.17) is 0 Å². The molecule has 0 unspecified atom stereocenters. The van der Waals surface area contributed by atoms with E-state index < -0.39 is 0 Å². The standard InChI is InChI=1S/C14H27N/c1-11(2)14(9-7-8-10-14)13(5)15(6)12(3)4/h11-12H,5,7-10H2,1-4,6H3. The van der Waals surface area contributed by atoms with Crippen molar-refractivity contribution in [3.05, 3.63) is 12.3 Å². The highest BCUT2D eigenvalue weighted by molar-refractivity contribution is 5.13. The third-order valence-corrected chi connectivity index (χ3v) is 4.38. The van der Waals surface area contributed by atoms with Gasteiger partial charge in [-0.2, -0.15) is 0 Å². The first kappa shape index (κ1) is 12.6. The molecule has 0 aromatic carbocycles. The lowest BCUT2D eigenvalue weighted by molar-refractivity contribution is 0.171. The van der Waals surface area contributed by atoms with E-state index in [2.05, 4.69) is 46.2 Å². The van der Waals surface area contributed by atoms with Gasteiger partial charge in [-0.05, 0) is 32.6 Å². The van der Waals surface area contributed by atoms with Crippen molar-refractivity contribution < 1.29 is 0 Å². The summed E-state index contributed by atoms with van der Waals surface area (Å²) < 4.78 is 0. The largest absolute Gasteiger partial charge is 0.375 e. The second kappa shape index (κ2) is 4.59. The number of hydrogen-bond donors (Lipinski definition) is 0. The van der Waals surface area contributed by atoms with E-state index in [0.717, 1.165) is 0 Å². The van der Waals surface area contributed by atoms with Gasteiger partial charge in [0, 0.05) is 24.2 Å². The van der Waals surface area contributed by atoms with Gasteiger partial charge in [0.05, 0.1) is 0 Å². The summed E-state index contributed by atoms with van der Waals surface area (Å²) in [5.41, 5.74) is 1.75. The molecular formula is C14H27N. The Morgan fingerprint density at radius 2 is 1.60 bits per heavy atom. The Kier molecular flexibility index (Phi) is 3.86. The van der Waals surface area contributed by atoms with Gasteiger partial charge >= 0.3 is 0 Å². The summed E-state index contributed by atoms with van der Waals surface area (Å²) in [6.07, 6.45) is 5.42. The molecule has 0 heterocycles. The van der Waals surface area contributed by atoms with Crippen molar-refractivity contribution in [2.45, 2.75) is 59.4 Å². The third-order valence-electron chi connectivity index (χ3n) is 4.38. The lowest BCUT2D eigenvalue weighted by Gasteiger charge is -2.42. The molecule has 15 heavy (non-hydrogen) atoms. The van der Waals surface area contributed by atoms with Crippen molar-refractivity contribution in [1.29, 1.82) is 0 Å². The molecule has 1 aliphatic rings. The highest BCUT2D eigenvalue weighted by Gasteiger charge is 2.40. The Hall–Kier alpha value is -0.460. The first-order chi connectivity index (χ1) is 6.92. The topological polar surface area (TPSA) is 3.24 Å². The molecule has 0 saturated heterocycles. The molecule has 1 rings (SSSR count). The fourth-order valence-electron chi connectivity index (χ4n) is 2.87. The highest BCUT2D eigenvalue weighted by atomic mass is 15.1. The van der Waals surface area contributed by atoms with Crippen LogP contribution in [-0.2, 0) is 0 Å². The average Bonchev–Trinajstić information content (AvgIpc) is 2.65. The molecule has 0 amide bonds. The lowest BCUT2D eigenvalue weighted by Crippen LogP contribution is -2.37. The van der Waals surface area contributed by atoms with Crippen LogP contribution >= 0.6 is 0 Å². The zero-order valence-corrected chi connectivity index (χ0v) is 11.1. The van der Waals surface area contributed by atoms with E-state index in [1.807, 2.05) is 0 Å². The normalized spacial score (nSPS) is 19.9. The van der Waals surface area contributed by atoms with Crippen molar-refractivity contribution in [3.63, 3.8) is 0 Å². The molecule has 0 aromatic rings. The van der Waals surface area contributed by atoms with E-state index in [1.165, 1.54) is 31.4 Å². The molecule has 1 nitrogen and oxygen atoms in total. The minimum absolute atomic E-state index is 0.388. The maximum atomic E-state index is 4.38. The molecule has 0 aliphatic heterocycles. The van der Waals surface area contributed by atoms with Crippen LogP contribution in [0.2, 0.25) is 0 Å². The van der Waals surface area contributed by atoms with Crippen LogP contribution in [0.4, 0.5) is 0 Å². The van der Waals surface area contributed by atoms with Crippen LogP contribution in [0.1, 0.15) is 53.4 Å². The van der Waals surface area contributed by atoms with Gasteiger partial charge in [0.15, 0.2) is 0 Å². The molecule has 1 heteroatoms. The number of allylic oxidation sites excluding steroid dienone is 1. The maximum Gasteiger partial charge on any atom is 0.0227 e. The van der Waals surface area contributed by atoms with Gasteiger partial charge in [0.25, 0.3) is 0 Å². The third kappa shape index (κ3) is 2.21. The van der Waals surface area contributed by atoms with Gasteiger partial charge in [-0.1, -0.05) is 33.3 Å². The number of nitrogens with zero attached hydrogens (tertiary/aromatic N) is 1. The van der Waals surface area contributed by atoms with Crippen molar-refractivity contribution in [1.82, 2.24) is 4.90 Å². The first-order valence-electron chi connectivity index (χ1n) is 6.34. The molecule has 0 bridgehead atoms. The second-order valence-electron chi connectivity index (χ2n) is 5.67. The number of rotatable bonds is 4. The molecule has 88 valence electrons. The fraction of sp³-hybridized carbons (Fsp3) is 0.857. The van der Waals surface area contributed by atoms with Crippen LogP contribution in [0.3, 0.4) is 0 Å². The summed E-state index contributed by atoms with van der Waals surface area (Å²) in [7, 11) is 2.19. The van der Waals surface area contributed by atoms with Crippen LogP contribution in [0, 0.1) is 11.3 Å². The smallest absolute Gasteiger partial charge is 0.0227 e. The van der Waals surface area contributed by atoms with Gasteiger partial charge in [-0.25, -0.2) is 0 Å². The van der Waals surface area contributed by atoms with E-state index in [1.54, 1.807) is 0 Å². The summed E-state index contributed by atoms with van der Waals surface area (Å²) in [5, 5.41) is 0. The Labute approximate surface area is 95.5 Å². The highest BCUT2D eigenvalue weighted by Crippen LogP contribution is 2.50. The van der Waals surface area contributed by atoms with Crippen molar-refractivity contribution in [3.8, 4) is 0 Å². The van der Waals surface area contributed by atoms with Gasteiger partial charge in [0.2, 0.25) is 0 Å². The van der Waals surface area contributed by atoms with Crippen LogP contribution in [0.25, 0.3) is 0 Å². The molecule has 0 atom stereocenters. The number of hydrogen-bond acceptors (Lipinski definition) is 1. The van der Waals surface area contributed by atoms with Crippen molar-refractivity contribution in [2.75, 3.05) is 7.05 Å². The summed E-state index contributed by atoms with van der Waals surface area (Å²) >= 11 is 0. The Morgan fingerprint density at radius 3 is 1.93 bits per heavy atom. The molecule has 0 aromatic heterocycles. The average molecular weight is 209 g/mol. The molecule has 1 aliphatic carbocycles. The second-order valence-corrected chi connectivity index (χ2v) is 5.67. The Morgan fingerprint density at radius 1 is 1.13 bits per heavy atom. The van der Waals surface area contributed by atoms with E-state index in [-0.39, 0.29) is 0 Å². The quantitative estimate of drug-likeness (QED) is 0.675. The minimum Gasteiger partial charge on any atom is -0.375 e. The van der Waals surface area contributed by atoms with Crippen LogP contribution in [0.5, 0.6) is 0 Å². The Balaban J connectivity index is 2.86. The fourth-order valence-corrected chi connectivity index (χ4v) is 2.87. The van der Waals surface area contributed by atoms with Gasteiger partial charge in [-0.15, -0.1) is 0 Å².